The summed E-state index contributed by atoms with van der Waals surface area (Å²) in [4.78, 5) is 0. The molecule has 4 heteroatoms. The van der Waals surface area contributed by atoms with Crippen molar-refractivity contribution >= 4 is 0 Å². The fraction of sp³-hybridized carbons (Fsp3) is 0.800. The molecule has 3 aliphatic carbocycles. The minimum absolute atomic E-state index is 0.302. The molecule has 5 rings (SSSR count). The van der Waals surface area contributed by atoms with Gasteiger partial charge in [0.25, 0.3) is 0 Å². The quantitative estimate of drug-likeness (QED) is 0.751. The third kappa shape index (κ3) is 3.40. The van der Waals surface area contributed by atoms with Gasteiger partial charge in [0.2, 0.25) is 0 Å². The van der Waals surface area contributed by atoms with Crippen molar-refractivity contribution in [3.8, 4) is 0 Å². The van der Waals surface area contributed by atoms with Gasteiger partial charge < -0.3 is 9.84 Å². The van der Waals surface area contributed by atoms with Gasteiger partial charge in [0.1, 0.15) is 0 Å². The van der Waals surface area contributed by atoms with Gasteiger partial charge >= 0.3 is 0 Å². The highest BCUT2D eigenvalue weighted by Crippen LogP contribution is 2.62. The lowest BCUT2D eigenvalue weighted by Crippen LogP contribution is -2.56. The highest BCUT2D eigenvalue weighted by atomic mass is 16.5. The number of ether oxygens (including phenoxy) is 1. The fourth-order valence-corrected chi connectivity index (χ4v) is 7.98. The van der Waals surface area contributed by atoms with Crippen molar-refractivity contribution in [3.05, 3.63) is 30.6 Å². The Morgan fingerprint density at radius 3 is 2.76 bits per heavy atom. The maximum absolute atomic E-state index is 10.6. The van der Waals surface area contributed by atoms with E-state index in [0.717, 1.165) is 56.3 Å². The van der Waals surface area contributed by atoms with Crippen LogP contribution in [0.5, 0.6) is 0 Å². The molecule has 0 bridgehead atoms. The number of fused-ring (bicyclic) bond motifs is 5. The molecule has 1 aliphatic heterocycles. The molecule has 8 atom stereocenters. The topological polar surface area (TPSA) is 47.3 Å². The van der Waals surface area contributed by atoms with E-state index in [2.05, 4.69) is 25.5 Å². The highest BCUT2D eigenvalue weighted by Gasteiger charge is 2.56. The van der Waals surface area contributed by atoms with Gasteiger partial charge in [-0.15, -0.1) is 0 Å². The van der Waals surface area contributed by atoms with Gasteiger partial charge in [0, 0.05) is 18.3 Å². The van der Waals surface area contributed by atoms with E-state index in [1.165, 1.54) is 37.7 Å². The van der Waals surface area contributed by atoms with E-state index in [1.54, 1.807) is 0 Å². The average molecular weight is 399 g/mol. The maximum Gasteiger partial charge on any atom is 0.0622 e. The first kappa shape index (κ1) is 19.8. The zero-order valence-electron chi connectivity index (χ0n) is 18.2. The average Bonchev–Trinajstić information content (AvgIpc) is 3.18. The zero-order chi connectivity index (χ0) is 20.2. The van der Waals surface area contributed by atoms with E-state index in [9.17, 15) is 5.11 Å². The SMILES string of the molecule is C=C(Cn1cccn1)[C@H]1COCC2C3CC[C@@H]4C[C@](C)(O)CC[C@@H]4C3CC[C@@]21C. The Labute approximate surface area is 175 Å². The van der Waals surface area contributed by atoms with E-state index in [-0.39, 0.29) is 0 Å². The van der Waals surface area contributed by atoms with Gasteiger partial charge in [0.05, 0.1) is 25.4 Å². The number of hydrogen-bond acceptors (Lipinski definition) is 3. The second-order valence-electron chi connectivity index (χ2n) is 11.2. The van der Waals surface area contributed by atoms with E-state index in [1.807, 2.05) is 23.1 Å². The molecule has 0 aromatic carbocycles. The second kappa shape index (κ2) is 7.23. The Balaban J connectivity index is 1.34. The number of nitrogens with zero attached hydrogens (tertiary/aromatic N) is 2. The van der Waals surface area contributed by atoms with Gasteiger partial charge in [0.15, 0.2) is 0 Å². The molecule has 29 heavy (non-hydrogen) atoms. The summed E-state index contributed by atoms with van der Waals surface area (Å²) in [5.74, 6) is 4.27. The lowest BCUT2D eigenvalue weighted by Gasteiger charge is -2.60. The first-order valence-electron chi connectivity index (χ1n) is 11.8. The largest absolute Gasteiger partial charge is 0.390 e. The molecule has 2 heterocycles. The molecule has 4 fully saturated rings. The molecule has 4 nitrogen and oxygen atoms in total. The first-order valence-corrected chi connectivity index (χ1v) is 11.8. The minimum Gasteiger partial charge on any atom is -0.390 e. The Bertz CT molecular complexity index is 742. The molecule has 3 unspecified atom stereocenters. The van der Waals surface area contributed by atoms with E-state index in [0.29, 0.717) is 17.3 Å². The molecule has 0 amide bonds. The Hall–Kier alpha value is -1.13. The van der Waals surface area contributed by atoms with E-state index >= 15 is 0 Å². The lowest BCUT2D eigenvalue weighted by molar-refractivity contribution is -0.162. The number of aromatic nitrogens is 2. The van der Waals surface area contributed by atoms with Gasteiger partial charge in [-0.2, -0.15) is 5.10 Å². The molecule has 1 N–H and O–H groups in total. The van der Waals surface area contributed by atoms with Crippen LogP contribution in [-0.4, -0.2) is 33.7 Å². The summed E-state index contributed by atoms with van der Waals surface area (Å²) in [6, 6.07) is 1.99. The summed E-state index contributed by atoms with van der Waals surface area (Å²) in [6.45, 7) is 11.6. The van der Waals surface area contributed by atoms with Crippen LogP contribution in [0.15, 0.2) is 30.6 Å². The molecular weight excluding hydrogens is 360 g/mol. The van der Waals surface area contributed by atoms with Crippen molar-refractivity contribution in [1.82, 2.24) is 9.78 Å². The molecule has 160 valence electrons. The fourth-order valence-electron chi connectivity index (χ4n) is 7.98. The third-order valence-corrected chi connectivity index (χ3v) is 9.47. The predicted octanol–water partition coefficient (Wildman–Crippen LogP) is 4.70. The molecule has 1 aromatic rings. The van der Waals surface area contributed by atoms with Gasteiger partial charge in [-0.1, -0.05) is 19.1 Å². The molecular formula is C25H38N2O2. The minimum atomic E-state index is -0.430. The maximum atomic E-state index is 10.6. The van der Waals surface area contributed by atoms with E-state index < -0.39 is 5.60 Å². The Morgan fingerprint density at radius 2 is 1.97 bits per heavy atom. The van der Waals surface area contributed by atoms with Crippen LogP contribution in [0.4, 0.5) is 0 Å². The van der Waals surface area contributed by atoms with Crippen molar-refractivity contribution in [2.45, 2.75) is 70.9 Å². The Kier molecular flexibility index (Phi) is 4.94. The van der Waals surface area contributed by atoms with Crippen molar-refractivity contribution in [2.24, 2.45) is 40.9 Å². The summed E-state index contributed by atoms with van der Waals surface area (Å²) in [5, 5.41) is 15.0. The predicted molar refractivity (Wildman–Crippen MR) is 114 cm³/mol. The van der Waals surface area contributed by atoms with Crippen LogP contribution in [0, 0.1) is 40.9 Å². The van der Waals surface area contributed by atoms with Crippen molar-refractivity contribution in [3.63, 3.8) is 0 Å². The molecule has 4 aliphatic rings. The van der Waals surface area contributed by atoms with Crippen LogP contribution in [-0.2, 0) is 11.3 Å². The first-order chi connectivity index (χ1) is 13.9. The summed E-state index contributed by atoms with van der Waals surface area (Å²) in [7, 11) is 0. The summed E-state index contributed by atoms with van der Waals surface area (Å²) in [5.41, 5.74) is 1.15. The smallest absolute Gasteiger partial charge is 0.0622 e. The van der Waals surface area contributed by atoms with E-state index in [4.69, 9.17) is 4.74 Å². The highest BCUT2D eigenvalue weighted by molar-refractivity contribution is 5.14. The molecule has 0 spiro atoms. The third-order valence-electron chi connectivity index (χ3n) is 9.47. The van der Waals surface area contributed by atoms with Gasteiger partial charge in [-0.3, -0.25) is 4.68 Å². The monoisotopic (exact) mass is 398 g/mol. The zero-order valence-corrected chi connectivity index (χ0v) is 18.2. The van der Waals surface area contributed by atoms with Crippen LogP contribution in [0.25, 0.3) is 0 Å². The van der Waals surface area contributed by atoms with Crippen molar-refractivity contribution in [1.29, 1.82) is 0 Å². The number of hydrogen-bond donors (Lipinski definition) is 1. The Morgan fingerprint density at radius 1 is 1.14 bits per heavy atom. The van der Waals surface area contributed by atoms with Gasteiger partial charge in [-0.05, 0) is 92.9 Å². The summed E-state index contributed by atoms with van der Waals surface area (Å²) < 4.78 is 8.24. The lowest BCUT2D eigenvalue weighted by atomic mass is 9.46. The summed E-state index contributed by atoms with van der Waals surface area (Å²) >= 11 is 0. The van der Waals surface area contributed by atoms with Crippen LogP contribution in [0.2, 0.25) is 0 Å². The number of rotatable bonds is 3. The van der Waals surface area contributed by atoms with Crippen LogP contribution in [0.3, 0.4) is 0 Å². The molecule has 3 saturated carbocycles. The molecule has 1 saturated heterocycles. The molecule has 1 aromatic heterocycles. The van der Waals surface area contributed by atoms with Crippen molar-refractivity contribution < 1.29 is 9.84 Å². The van der Waals surface area contributed by atoms with Crippen LogP contribution >= 0.6 is 0 Å². The second-order valence-corrected chi connectivity index (χ2v) is 11.2. The van der Waals surface area contributed by atoms with Crippen LogP contribution < -0.4 is 0 Å². The van der Waals surface area contributed by atoms with Crippen LogP contribution in [0.1, 0.15) is 58.8 Å². The molecule has 0 radical (unpaired) electrons. The standard InChI is InChI=1S/C25H38N2O2/c1-17(14-27-12-4-11-26-27)22-15-29-16-23-21-6-5-18-13-24(2,28)9-7-19(18)20(21)8-10-25(22,23)3/h4,11-12,18-23,28H,1,5-10,13-16H2,2-3H3/t18-,19+,20?,21?,22-,23?,24-,25-/m1/s1. The summed E-state index contributed by atoms with van der Waals surface area (Å²) in [6.07, 6.45) is 12.4. The number of aliphatic hydroxyl groups is 1. The normalized spacial score (nSPS) is 47.0. The van der Waals surface area contributed by atoms with Gasteiger partial charge in [-0.25, -0.2) is 0 Å². The van der Waals surface area contributed by atoms with Crippen molar-refractivity contribution in [2.75, 3.05) is 13.2 Å².